The number of nitrogens with zero attached hydrogens (tertiary/aromatic N) is 5. The van der Waals surface area contributed by atoms with Gasteiger partial charge >= 0.3 is 0 Å². The number of rotatable bonds is 5. The molecule has 0 unspecified atom stereocenters. The summed E-state index contributed by atoms with van der Waals surface area (Å²) in [6.07, 6.45) is 0. The summed E-state index contributed by atoms with van der Waals surface area (Å²) in [5.74, 6) is 2.66. The zero-order chi connectivity index (χ0) is 37.5. The van der Waals surface area contributed by atoms with Crippen LogP contribution in [0.2, 0.25) is 0 Å². The van der Waals surface area contributed by atoms with Gasteiger partial charge in [-0.15, -0.1) is 34.0 Å². The molecule has 0 amide bonds. The Morgan fingerprint density at radius 3 is 1.67 bits per heavy atom. The van der Waals surface area contributed by atoms with Crippen LogP contribution in [0, 0.1) is 0 Å². The van der Waals surface area contributed by atoms with Gasteiger partial charge in [0.15, 0.2) is 23.3 Å². The summed E-state index contributed by atoms with van der Waals surface area (Å²) in [7, 11) is 0. The molecular formula is C49H27N5S3. The van der Waals surface area contributed by atoms with Crippen molar-refractivity contribution in [1.29, 1.82) is 0 Å². The zero-order valence-electron chi connectivity index (χ0n) is 30.0. The van der Waals surface area contributed by atoms with Crippen LogP contribution in [-0.2, 0) is 0 Å². The lowest BCUT2D eigenvalue weighted by molar-refractivity contribution is 1.08. The normalized spacial score (nSPS) is 11.9. The van der Waals surface area contributed by atoms with Crippen molar-refractivity contribution < 1.29 is 0 Å². The summed E-state index contributed by atoms with van der Waals surface area (Å²) in [6, 6.07) is 57.3. The van der Waals surface area contributed by atoms with Crippen LogP contribution in [0.15, 0.2) is 164 Å². The molecule has 0 N–H and O–H groups in total. The molecule has 0 saturated heterocycles. The van der Waals surface area contributed by atoms with Crippen LogP contribution in [0.3, 0.4) is 0 Å². The molecule has 0 saturated carbocycles. The summed E-state index contributed by atoms with van der Waals surface area (Å²) in [5.41, 5.74) is 6.91. The molecule has 0 atom stereocenters. The van der Waals surface area contributed by atoms with Crippen molar-refractivity contribution >= 4 is 94.7 Å². The topological polar surface area (TPSA) is 64.5 Å². The fourth-order valence-electron chi connectivity index (χ4n) is 7.83. The van der Waals surface area contributed by atoms with Crippen LogP contribution in [0.1, 0.15) is 0 Å². The van der Waals surface area contributed by atoms with Gasteiger partial charge in [-0.05, 0) is 42.5 Å². The Bertz CT molecular complexity index is 3530. The molecule has 0 fully saturated rings. The second-order valence-electron chi connectivity index (χ2n) is 14.0. The van der Waals surface area contributed by atoms with Gasteiger partial charge < -0.3 is 0 Å². The van der Waals surface area contributed by atoms with Crippen molar-refractivity contribution in [3.63, 3.8) is 0 Å². The van der Waals surface area contributed by atoms with Gasteiger partial charge in [0.2, 0.25) is 0 Å². The smallest absolute Gasteiger partial charge is 0.164 e. The predicted octanol–water partition coefficient (Wildman–Crippen LogP) is 14.1. The summed E-state index contributed by atoms with van der Waals surface area (Å²) in [6.45, 7) is 0. The van der Waals surface area contributed by atoms with Crippen LogP contribution < -0.4 is 0 Å². The number of hydrogen-bond donors (Lipinski definition) is 0. The molecule has 266 valence electrons. The molecule has 57 heavy (non-hydrogen) atoms. The lowest BCUT2D eigenvalue weighted by Gasteiger charge is -2.09. The highest BCUT2D eigenvalue weighted by Crippen LogP contribution is 2.44. The Labute approximate surface area is 338 Å². The third kappa shape index (κ3) is 5.37. The van der Waals surface area contributed by atoms with Crippen LogP contribution >= 0.6 is 34.0 Å². The van der Waals surface area contributed by atoms with Gasteiger partial charge in [0.25, 0.3) is 0 Å². The van der Waals surface area contributed by atoms with Crippen molar-refractivity contribution in [2.45, 2.75) is 0 Å². The largest absolute Gasteiger partial charge is 0.226 e. The van der Waals surface area contributed by atoms with Gasteiger partial charge in [0, 0.05) is 78.2 Å². The van der Waals surface area contributed by atoms with Gasteiger partial charge in [-0.2, -0.15) is 0 Å². The average molecular weight is 782 g/mol. The second kappa shape index (κ2) is 12.9. The highest BCUT2D eigenvalue weighted by molar-refractivity contribution is 7.27. The molecule has 0 aliphatic heterocycles. The van der Waals surface area contributed by atoms with E-state index in [0.29, 0.717) is 17.5 Å². The van der Waals surface area contributed by atoms with Crippen LogP contribution in [0.5, 0.6) is 0 Å². The molecular weight excluding hydrogens is 755 g/mol. The van der Waals surface area contributed by atoms with Crippen LogP contribution in [0.25, 0.3) is 117 Å². The Morgan fingerprint density at radius 1 is 0.298 bits per heavy atom. The van der Waals surface area contributed by atoms with Crippen molar-refractivity contribution in [2.75, 3.05) is 0 Å². The molecule has 0 spiro atoms. The van der Waals surface area contributed by atoms with E-state index >= 15 is 0 Å². The third-order valence-corrected chi connectivity index (χ3v) is 14.1. The van der Waals surface area contributed by atoms with E-state index in [2.05, 4.69) is 140 Å². The van der Waals surface area contributed by atoms with Crippen molar-refractivity contribution in [2.24, 2.45) is 0 Å². The first-order chi connectivity index (χ1) is 28.2. The maximum absolute atomic E-state index is 5.31. The van der Waals surface area contributed by atoms with Gasteiger partial charge in [0.05, 0.1) is 15.9 Å². The minimum atomic E-state index is 0.637. The lowest BCUT2D eigenvalue weighted by Crippen LogP contribution is -2.00. The fraction of sp³-hybridized carbons (Fsp3) is 0. The van der Waals surface area contributed by atoms with E-state index < -0.39 is 0 Å². The molecule has 12 aromatic rings. The minimum Gasteiger partial charge on any atom is -0.226 e. The Balaban J connectivity index is 1.02. The Morgan fingerprint density at radius 2 is 0.877 bits per heavy atom. The SMILES string of the molecule is c1ccc(-c2nc(-c3ccc4c(c3)sc3ccccc34)nc(-c3ccc4sc5c(-c6nc(-c7ccccc7)c7sc8ccccc8c7n6)cccc5c4c3)n2)cc1. The van der Waals surface area contributed by atoms with Crippen LogP contribution in [-0.4, -0.2) is 24.9 Å². The quantitative estimate of drug-likeness (QED) is 0.174. The molecule has 5 aromatic heterocycles. The van der Waals surface area contributed by atoms with Crippen molar-refractivity contribution in [1.82, 2.24) is 24.9 Å². The highest BCUT2D eigenvalue weighted by atomic mass is 32.1. The first-order valence-electron chi connectivity index (χ1n) is 18.7. The van der Waals surface area contributed by atoms with E-state index in [4.69, 9.17) is 24.9 Å². The first-order valence-corrected chi connectivity index (χ1v) is 21.1. The van der Waals surface area contributed by atoms with Gasteiger partial charge in [-0.1, -0.05) is 121 Å². The van der Waals surface area contributed by atoms with Crippen LogP contribution in [0.4, 0.5) is 0 Å². The fourth-order valence-corrected chi connectivity index (χ4v) is 11.3. The summed E-state index contributed by atoms with van der Waals surface area (Å²) < 4.78 is 7.13. The minimum absolute atomic E-state index is 0.637. The molecule has 0 radical (unpaired) electrons. The maximum atomic E-state index is 5.31. The number of benzene rings is 7. The molecule has 5 nitrogen and oxygen atoms in total. The lowest BCUT2D eigenvalue weighted by atomic mass is 10.1. The van der Waals surface area contributed by atoms with Gasteiger partial charge in [-0.3, -0.25) is 0 Å². The van der Waals surface area contributed by atoms with Crippen molar-refractivity contribution in [3.8, 4) is 56.8 Å². The molecule has 0 aliphatic rings. The van der Waals surface area contributed by atoms with E-state index in [1.54, 1.807) is 34.0 Å². The molecule has 7 aromatic carbocycles. The van der Waals surface area contributed by atoms with E-state index in [1.807, 2.05) is 24.3 Å². The number of aromatic nitrogens is 5. The zero-order valence-corrected chi connectivity index (χ0v) is 32.5. The highest BCUT2D eigenvalue weighted by Gasteiger charge is 2.20. The maximum Gasteiger partial charge on any atom is 0.164 e. The molecule has 5 heterocycles. The first kappa shape index (κ1) is 32.5. The predicted molar refractivity (Wildman–Crippen MR) is 241 cm³/mol. The van der Waals surface area contributed by atoms with Crippen molar-refractivity contribution in [3.05, 3.63) is 164 Å². The molecule has 12 rings (SSSR count). The second-order valence-corrected chi connectivity index (χ2v) is 17.2. The van der Waals surface area contributed by atoms with Gasteiger partial charge in [-0.25, -0.2) is 24.9 Å². The third-order valence-electron chi connectivity index (χ3n) is 10.6. The average Bonchev–Trinajstić information content (AvgIpc) is 3.97. The standard InChI is InChI=1S/C49H27N5S3/c1-3-12-28(13-4-1)42-45-43(35-17-8-10-21-39(35)57-45)51-49(50-42)36-19-11-18-34-37-26-30(23-25-40(37)56-44(34)36)47-52-46(29-14-5-2-6-15-29)53-48(54-47)31-22-24-33-32-16-7-9-20-38(32)55-41(33)27-31/h1-27H. The van der Waals surface area contributed by atoms with E-state index in [0.717, 1.165) is 70.4 Å². The number of fused-ring (bicyclic) bond motifs is 9. The van der Waals surface area contributed by atoms with E-state index in [-0.39, 0.29) is 0 Å². The molecule has 8 heteroatoms. The monoisotopic (exact) mass is 781 g/mol. The summed E-state index contributed by atoms with van der Waals surface area (Å²) in [5, 5.41) is 5.98. The van der Waals surface area contributed by atoms with E-state index in [1.165, 1.54) is 29.6 Å². The number of thiophene rings is 3. The van der Waals surface area contributed by atoms with E-state index in [9.17, 15) is 0 Å². The Hall–Kier alpha value is -6.71. The molecule has 0 bridgehead atoms. The summed E-state index contributed by atoms with van der Waals surface area (Å²) >= 11 is 5.33. The molecule has 0 aliphatic carbocycles. The van der Waals surface area contributed by atoms with Gasteiger partial charge in [0.1, 0.15) is 0 Å². The Kier molecular flexibility index (Phi) is 7.38. The summed E-state index contributed by atoms with van der Waals surface area (Å²) in [4.78, 5) is 25.9. The number of hydrogen-bond acceptors (Lipinski definition) is 8.